The van der Waals surface area contributed by atoms with E-state index in [0.29, 0.717) is 25.0 Å². The van der Waals surface area contributed by atoms with Crippen LogP contribution in [0.2, 0.25) is 0 Å². The molecule has 0 unspecified atom stereocenters. The van der Waals surface area contributed by atoms with E-state index in [1.54, 1.807) is 12.1 Å². The van der Waals surface area contributed by atoms with Gasteiger partial charge in [-0.25, -0.2) is 13.8 Å². The Morgan fingerprint density at radius 3 is 2.66 bits per heavy atom. The first-order valence-electron chi connectivity index (χ1n) is 8.74. The highest BCUT2D eigenvalue weighted by atomic mass is 19.1. The molecule has 1 fully saturated rings. The molecule has 0 radical (unpaired) electrons. The molecule has 9 nitrogen and oxygen atoms in total. The summed E-state index contributed by atoms with van der Waals surface area (Å²) in [7, 11) is 0. The zero-order valence-corrected chi connectivity index (χ0v) is 15.1. The molecule has 150 valence electrons. The zero-order chi connectivity index (χ0) is 20.2. The summed E-state index contributed by atoms with van der Waals surface area (Å²) >= 11 is 0. The minimum atomic E-state index is -0.833. The number of carbonyl (C=O) groups excluding carboxylic acids is 1. The monoisotopic (exact) mass is 402 g/mol. The van der Waals surface area contributed by atoms with Crippen molar-refractivity contribution >= 4 is 29.1 Å². The Labute approximate surface area is 163 Å². The Balaban J connectivity index is 1.38. The number of ether oxygens (including phenoxy) is 1. The van der Waals surface area contributed by atoms with Gasteiger partial charge in [-0.1, -0.05) is 5.10 Å². The minimum absolute atomic E-state index is 0.0649. The molecule has 0 spiro atoms. The molecular formula is C18H16F2N6O3. The van der Waals surface area contributed by atoms with E-state index >= 15 is 0 Å². The van der Waals surface area contributed by atoms with Crippen LogP contribution in [0, 0.1) is 11.6 Å². The maximum atomic E-state index is 13.7. The third-order valence-corrected chi connectivity index (χ3v) is 4.13. The van der Waals surface area contributed by atoms with Gasteiger partial charge in [-0.2, -0.15) is 0 Å². The first-order valence-corrected chi connectivity index (χ1v) is 8.74. The molecule has 1 saturated heterocycles. The summed E-state index contributed by atoms with van der Waals surface area (Å²) in [5.41, 5.74) is 0.384. The maximum absolute atomic E-state index is 13.7. The number of pyridine rings is 1. The molecule has 0 atom stereocenters. The SMILES string of the molecule is O=C(Nc1ccc(N2CCOCC2)nc1)c1nnc(Nc2ccc(F)cc2F)o1. The molecule has 1 aromatic carbocycles. The Morgan fingerprint density at radius 1 is 1.10 bits per heavy atom. The molecule has 0 bridgehead atoms. The van der Waals surface area contributed by atoms with E-state index in [4.69, 9.17) is 9.15 Å². The maximum Gasteiger partial charge on any atom is 0.320 e. The largest absolute Gasteiger partial charge is 0.399 e. The van der Waals surface area contributed by atoms with Gasteiger partial charge in [-0.3, -0.25) is 4.79 Å². The van der Waals surface area contributed by atoms with Crippen LogP contribution in [0.15, 0.2) is 40.9 Å². The lowest BCUT2D eigenvalue weighted by atomic mass is 10.3. The first-order chi connectivity index (χ1) is 14.1. The van der Waals surface area contributed by atoms with Crippen LogP contribution in [0.4, 0.5) is 32.0 Å². The van der Waals surface area contributed by atoms with Crippen LogP contribution in [0.5, 0.6) is 0 Å². The molecule has 2 aromatic heterocycles. The summed E-state index contributed by atoms with van der Waals surface area (Å²) in [4.78, 5) is 18.7. The van der Waals surface area contributed by atoms with Crippen molar-refractivity contribution in [3.63, 3.8) is 0 Å². The van der Waals surface area contributed by atoms with Gasteiger partial charge in [0.05, 0.1) is 30.8 Å². The number of halogens is 2. The van der Waals surface area contributed by atoms with Crippen LogP contribution >= 0.6 is 0 Å². The Hall–Kier alpha value is -3.60. The van der Waals surface area contributed by atoms with Gasteiger partial charge in [0.15, 0.2) is 0 Å². The van der Waals surface area contributed by atoms with Crippen LogP contribution in [-0.2, 0) is 4.74 Å². The molecule has 4 rings (SSSR count). The number of aromatic nitrogens is 3. The normalized spacial score (nSPS) is 13.9. The average Bonchev–Trinajstić information content (AvgIpc) is 3.20. The molecule has 3 heterocycles. The van der Waals surface area contributed by atoms with Gasteiger partial charge in [0, 0.05) is 19.2 Å². The van der Waals surface area contributed by atoms with Crippen molar-refractivity contribution in [1.82, 2.24) is 15.2 Å². The van der Waals surface area contributed by atoms with E-state index in [1.807, 2.05) is 0 Å². The van der Waals surface area contributed by atoms with E-state index in [1.165, 1.54) is 12.3 Å². The van der Waals surface area contributed by atoms with Crippen LogP contribution < -0.4 is 15.5 Å². The number of nitrogens with one attached hydrogen (secondary N) is 2. The van der Waals surface area contributed by atoms with Crippen molar-refractivity contribution in [2.24, 2.45) is 0 Å². The minimum Gasteiger partial charge on any atom is -0.399 e. The van der Waals surface area contributed by atoms with Crippen LogP contribution in [0.25, 0.3) is 0 Å². The fourth-order valence-corrected chi connectivity index (χ4v) is 2.70. The molecule has 2 N–H and O–H groups in total. The highest BCUT2D eigenvalue weighted by Crippen LogP contribution is 2.20. The Morgan fingerprint density at radius 2 is 1.93 bits per heavy atom. The van der Waals surface area contributed by atoms with Gasteiger partial charge in [0.25, 0.3) is 0 Å². The van der Waals surface area contributed by atoms with Crippen molar-refractivity contribution in [2.75, 3.05) is 41.8 Å². The van der Waals surface area contributed by atoms with Crippen molar-refractivity contribution in [3.8, 4) is 0 Å². The number of anilines is 4. The quantitative estimate of drug-likeness (QED) is 0.671. The predicted molar refractivity (Wildman–Crippen MR) is 99.2 cm³/mol. The van der Waals surface area contributed by atoms with Crippen LogP contribution in [-0.4, -0.2) is 47.4 Å². The van der Waals surface area contributed by atoms with E-state index in [0.717, 1.165) is 25.0 Å². The van der Waals surface area contributed by atoms with Gasteiger partial charge < -0.3 is 24.7 Å². The zero-order valence-electron chi connectivity index (χ0n) is 15.1. The molecule has 1 aliphatic heterocycles. The number of morpholine rings is 1. The number of hydrogen-bond donors (Lipinski definition) is 2. The van der Waals surface area contributed by atoms with E-state index in [9.17, 15) is 13.6 Å². The molecule has 0 aliphatic carbocycles. The lowest BCUT2D eigenvalue weighted by Crippen LogP contribution is -2.36. The second-order valence-electron chi connectivity index (χ2n) is 6.12. The third kappa shape index (κ3) is 4.46. The van der Waals surface area contributed by atoms with Gasteiger partial charge in [-0.05, 0) is 24.3 Å². The highest BCUT2D eigenvalue weighted by Gasteiger charge is 2.17. The number of benzene rings is 1. The number of rotatable bonds is 5. The summed E-state index contributed by atoms with van der Waals surface area (Å²) in [6.45, 7) is 2.81. The Bertz CT molecular complexity index is 1010. The number of nitrogens with zero attached hydrogens (tertiary/aromatic N) is 4. The van der Waals surface area contributed by atoms with Crippen molar-refractivity contribution in [3.05, 3.63) is 54.1 Å². The first kappa shape index (κ1) is 18.7. The lowest BCUT2D eigenvalue weighted by molar-refractivity contribution is 0.0991. The topological polar surface area (TPSA) is 105 Å². The molecule has 3 aromatic rings. The third-order valence-electron chi connectivity index (χ3n) is 4.13. The van der Waals surface area contributed by atoms with Gasteiger partial charge in [0.1, 0.15) is 17.5 Å². The smallest absolute Gasteiger partial charge is 0.320 e. The van der Waals surface area contributed by atoms with Crippen LogP contribution in [0.1, 0.15) is 10.7 Å². The standard InChI is InChI=1S/C18H16F2N6O3/c19-11-1-3-14(13(20)9-11)23-18-25-24-17(29-18)16(27)22-12-2-4-15(21-10-12)26-5-7-28-8-6-26/h1-4,9-10H,5-8H2,(H,22,27)(H,23,25). The van der Waals surface area contributed by atoms with Gasteiger partial charge in [0.2, 0.25) is 0 Å². The van der Waals surface area contributed by atoms with E-state index < -0.39 is 17.5 Å². The van der Waals surface area contributed by atoms with Gasteiger partial charge in [-0.15, -0.1) is 5.10 Å². The molecule has 29 heavy (non-hydrogen) atoms. The molecule has 1 amide bonds. The molecule has 11 heteroatoms. The van der Waals surface area contributed by atoms with E-state index in [2.05, 4.69) is 30.7 Å². The summed E-state index contributed by atoms with van der Waals surface area (Å²) < 4.78 is 37.1. The molecule has 1 aliphatic rings. The molecule has 0 saturated carbocycles. The number of amides is 1. The summed E-state index contributed by atoms with van der Waals surface area (Å²) in [6.07, 6.45) is 1.52. The van der Waals surface area contributed by atoms with E-state index in [-0.39, 0.29) is 17.6 Å². The summed E-state index contributed by atoms with van der Waals surface area (Å²) in [6, 6.07) is 6.25. The van der Waals surface area contributed by atoms with Crippen molar-refractivity contribution in [2.45, 2.75) is 0 Å². The van der Waals surface area contributed by atoms with Crippen molar-refractivity contribution < 1.29 is 22.7 Å². The Kier molecular flexibility index (Phi) is 5.29. The second kappa shape index (κ2) is 8.19. The highest BCUT2D eigenvalue weighted by molar-refractivity contribution is 6.00. The van der Waals surface area contributed by atoms with Crippen LogP contribution in [0.3, 0.4) is 0 Å². The fourth-order valence-electron chi connectivity index (χ4n) is 2.70. The second-order valence-corrected chi connectivity index (χ2v) is 6.12. The van der Waals surface area contributed by atoms with Crippen molar-refractivity contribution in [1.29, 1.82) is 0 Å². The average molecular weight is 402 g/mol. The number of hydrogen-bond acceptors (Lipinski definition) is 8. The predicted octanol–water partition coefficient (Wildman–Crippen LogP) is 2.58. The molecular weight excluding hydrogens is 386 g/mol. The lowest BCUT2D eigenvalue weighted by Gasteiger charge is -2.27. The van der Waals surface area contributed by atoms with Gasteiger partial charge >= 0.3 is 17.8 Å². The fraction of sp³-hybridized carbons (Fsp3) is 0.222. The summed E-state index contributed by atoms with van der Waals surface area (Å²) in [5, 5.41) is 12.3. The summed E-state index contributed by atoms with van der Waals surface area (Å²) in [5.74, 6) is -1.73. The number of carbonyl (C=O) groups is 1.